The maximum atomic E-state index is 12.0. The summed E-state index contributed by atoms with van der Waals surface area (Å²) in [6.45, 7) is 0.671. The van der Waals surface area contributed by atoms with E-state index in [2.05, 4.69) is 5.32 Å². The minimum absolute atomic E-state index is 0.0156. The van der Waals surface area contributed by atoms with Crippen LogP contribution in [0.15, 0.2) is 42.5 Å². The van der Waals surface area contributed by atoms with E-state index in [1.54, 1.807) is 18.2 Å². The van der Waals surface area contributed by atoms with Gasteiger partial charge in [0.25, 0.3) is 5.69 Å². The van der Waals surface area contributed by atoms with E-state index < -0.39 is 4.92 Å². The molecule has 1 N–H and O–H groups in total. The second kappa shape index (κ2) is 6.99. The molecule has 24 heavy (non-hydrogen) atoms. The van der Waals surface area contributed by atoms with Crippen LogP contribution < -0.4 is 14.8 Å². The molecule has 0 bridgehead atoms. The van der Waals surface area contributed by atoms with Gasteiger partial charge in [0.1, 0.15) is 0 Å². The maximum Gasteiger partial charge on any atom is 0.273 e. The second-order valence-corrected chi connectivity index (χ2v) is 5.35. The van der Waals surface area contributed by atoms with Crippen molar-refractivity contribution in [2.75, 3.05) is 13.3 Å². The van der Waals surface area contributed by atoms with E-state index in [-0.39, 0.29) is 24.8 Å². The predicted octanol–water partition coefficient (Wildman–Crippen LogP) is 2.22. The van der Waals surface area contributed by atoms with E-state index in [1.807, 2.05) is 18.2 Å². The lowest BCUT2D eigenvalue weighted by Gasteiger charge is -2.07. The second-order valence-electron chi connectivity index (χ2n) is 5.35. The third-order valence-corrected chi connectivity index (χ3v) is 3.71. The maximum absolute atomic E-state index is 12.0. The first-order valence-electron chi connectivity index (χ1n) is 7.51. The molecule has 3 rings (SSSR count). The zero-order valence-electron chi connectivity index (χ0n) is 12.9. The Kier molecular flexibility index (Phi) is 4.60. The summed E-state index contributed by atoms with van der Waals surface area (Å²) in [7, 11) is 0. The number of amides is 1. The van der Waals surface area contributed by atoms with E-state index >= 15 is 0 Å². The quantitative estimate of drug-likeness (QED) is 0.648. The van der Waals surface area contributed by atoms with Gasteiger partial charge in [0.05, 0.1) is 11.3 Å². The average Bonchev–Trinajstić information content (AvgIpc) is 3.03. The van der Waals surface area contributed by atoms with Crippen LogP contribution in [-0.2, 0) is 17.6 Å². The summed E-state index contributed by atoms with van der Waals surface area (Å²) in [6, 6.07) is 11.9. The van der Waals surface area contributed by atoms with Gasteiger partial charge in [-0.2, -0.15) is 0 Å². The van der Waals surface area contributed by atoms with Crippen LogP contribution in [0.4, 0.5) is 5.69 Å². The summed E-state index contributed by atoms with van der Waals surface area (Å²) in [4.78, 5) is 22.5. The zero-order chi connectivity index (χ0) is 16.9. The van der Waals surface area contributed by atoms with Gasteiger partial charge in [-0.1, -0.05) is 24.3 Å². The summed E-state index contributed by atoms with van der Waals surface area (Å²) in [5.41, 5.74) is 1.39. The highest BCUT2D eigenvalue weighted by molar-refractivity contribution is 5.79. The fraction of sp³-hybridized carbons (Fsp3) is 0.235. The number of rotatable bonds is 6. The van der Waals surface area contributed by atoms with Gasteiger partial charge in [0.2, 0.25) is 12.7 Å². The van der Waals surface area contributed by atoms with Crippen molar-refractivity contribution >= 4 is 11.6 Å². The fourth-order valence-corrected chi connectivity index (χ4v) is 2.52. The molecule has 0 fully saturated rings. The number of hydrogen-bond donors (Lipinski definition) is 1. The molecule has 1 heterocycles. The molecule has 0 saturated carbocycles. The number of para-hydroxylation sites is 1. The van der Waals surface area contributed by atoms with Gasteiger partial charge in [-0.3, -0.25) is 14.9 Å². The zero-order valence-corrected chi connectivity index (χ0v) is 12.9. The average molecular weight is 328 g/mol. The highest BCUT2D eigenvalue weighted by Gasteiger charge is 2.16. The molecule has 0 spiro atoms. The SMILES string of the molecule is O=C(Cc1ccccc1[N+](=O)[O-])NCCc1ccc2c(c1)OCO2. The first kappa shape index (κ1) is 15.8. The lowest BCUT2D eigenvalue weighted by Crippen LogP contribution is -2.27. The fourth-order valence-electron chi connectivity index (χ4n) is 2.52. The Morgan fingerprint density at radius 2 is 1.96 bits per heavy atom. The summed E-state index contributed by atoms with van der Waals surface area (Å²) in [5.74, 6) is 1.18. The smallest absolute Gasteiger partial charge is 0.273 e. The van der Waals surface area contributed by atoms with Crippen LogP contribution >= 0.6 is 0 Å². The number of carbonyl (C=O) groups is 1. The van der Waals surface area contributed by atoms with Crippen molar-refractivity contribution in [2.24, 2.45) is 0 Å². The first-order chi connectivity index (χ1) is 11.6. The van der Waals surface area contributed by atoms with E-state index in [0.29, 0.717) is 24.3 Å². The highest BCUT2D eigenvalue weighted by Crippen LogP contribution is 2.32. The molecule has 7 heteroatoms. The van der Waals surface area contributed by atoms with Crippen LogP contribution in [0.1, 0.15) is 11.1 Å². The first-order valence-corrected chi connectivity index (χ1v) is 7.51. The molecule has 0 unspecified atom stereocenters. The lowest BCUT2D eigenvalue weighted by atomic mass is 10.1. The summed E-state index contributed by atoms with van der Waals surface area (Å²) in [5, 5.41) is 13.7. The Balaban J connectivity index is 1.52. The van der Waals surface area contributed by atoms with Crippen molar-refractivity contribution < 1.29 is 19.2 Å². The number of nitrogens with one attached hydrogen (secondary N) is 1. The lowest BCUT2D eigenvalue weighted by molar-refractivity contribution is -0.385. The Morgan fingerprint density at radius 3 is 2.79 bits per heavy atom. The van der Waals surface area contributed by atoms with Crippen molar-refractivity contribution in [1.29, 1.82) is 0 Å². The minimum atomic E-state index is -0.477. The van der Waals surface area contributed by atoms with Gasteiger partial charge in [-0.05, 0) is 24.1 Å². The Hall–Kier alpha value is -3.09. The molecule has 1 amide bonds. The number of carbonyl (C=O) groups excluding carboxylic acids is 1. The monoisotopic (exact) mass is 328 g/mol. The molecule has 124 valence electrons. The van der Waals surface area contributed by atoms with Crippen molar-refractivity contribution in [3.63, 3.8) is 0 Å². The molecule has 2 aromatic rings. The van der Waals surface area contributed by atoms with Crippen molar-refractivity contribution in [3.8, 4) is 11.5 Å². The molecular weight excluding hydrogens is 312 g/mol. The topological polar surface area (TPSA) is 90.7 Å². The minimum Gasteiger partial charge on any atom is -0.454 e. The number of nitro benzene ring substituents is 1. The van der Waals surface area contributed by atoms with E-state index in [0.717, 1.165) is 11.3 Å². The van der Waals surface area contributed by atoms with Crippen LogP contribution in [0.5, 0.6) is 11.5 Å². The molecule has 0 radical (unpaired) electrons. The number of nitrogens with zero attached hydrogens (tertiary/aromatic N) is 1. The number of hydrogen-bond acceptors (Lipinski definition) is 5. The molecule has 0 aliphatic carbocycles. The Labute approximate surface area is 138 Å². The van der Waals surface area contributed by atoms with E-state index in [1.165, 1.54) is 6.07 Å². The predicted molar refractivity (Wildman–Crippen MR) is 86.1 cm³/mol. The van der Waals surface area contributed by atoms with Gasteiger partial charge in [0.15, 0.2) is 11.5 Å². The normalized spacial score (nSPS) is 12.0. The Morgan fingerprint density at radius 1 is 1.17 bits per heavy atom. The molecule has 0 aromatic heterocycles. The molecule has 0 saturated heterocycles. The number of fused-ring (bicyclic) bond motifs is 1. The van der Waals surface area contributed by atoms with Crippen molar-refractivity contribution in [2.45, 2.75) is 12.8 Å². The Bertz CT molecular complexity index is 775. The van der Waals surface area contributed by atoms with Crippen LogP contribution in [-0.4, -0.2) is 24.2 Å². The van der Waals surface area contributed by atoms with Gasteiger partial charge >= 0.3 is 0 Å². The standard InChI is InChI=1S/C17H16N2O5/c20-17(10-13-3-1-2-4-14(13)19(21)22)18-8-7-12-5-6-15-16(9-12)24-11-23-15/h1-6,9H,7-8,10-11H2,(H,18,20). The molecular formula is C17H16N2O5. The number of benzene rings is 2. The van der Waals surface area contributed by atoms with Gasteiger partial charge in [0, 0.05) is 18.2 Å². The van der Waals surface area contributed by atoms with Gasteiger partial charge < -0.3 is 14.8 Å². The molecule has 1 aliphatic heterocycles. The highest BCUT2D eigenvalue weighted by atomic mass is 16.7. The molecule has 0 atom stereocenters. The molecule has 1 aliphatic rings. The summed E-state index contributed by atoms with van der Waals surface area (Å²) < 4.78 is 10.6. The largest absolute Gasteiger partial charge is 0.454 e. The van der Waals surface area contributed by atoms with E-state index in [4.69, 9.17) is 9.47 Å². The molecule has 7 nitrogen and oxygen atoms in total. The van der Waals surface area contributed by atoms with Crippen LogP contribution in [0.25, 0.3) is 0 Å². The van der Waals surface area contributed by atoms with Crippen LogP contribution in [0, 0.1) is 10.1 Å². The summed E-state index contributed by atoms with van der Waals surface area (Å²) >= 11 is 0. The van der Waals surface area contributed by atoms with Gasteiger partial charge in [-0.25, -0.2) is 0 Å². The van der Waals surface area contributed by atoms with Crippen molar-refractivity contribution in [3.05, 3.63) is 63.7 Å². The van der Waals surface area contributed by atoms with Crippen molar-refractivity contribution in [1.82, 2.24) is 5.32 Å². The van der Waals surface area contributed by atoms with Crippen LogP contribution in [0.2, 0.25) is 0 Å². The van der Waals surface area contributed by atoms with Crippen LogP contribution in [0.3, 0.4) is 0 Å². The van der Waals surface area contributed by atoms with E-state index in [9.17, 15) is 14.9 Å². The third-order valence-electron chi connectivity index (χ3n) is 3.71. The third kappa shape index (κ3) is 3.62. The number of nitro groups is 1. The van der Waals surface area contributed by atoms with Gasteiger partial charge in [-0.15, -0.1) is 0 Å². The number of ether oxygens (including phenoxy) is 2. The molecule has 2 aromatic carbocycles. The summed E-state index contributed by atoms with van der Waals surface area (Å²) in [6.07, 6.45) is 0.623.